The summed E-state index contributed by atoms with van der Waals surface area (Å²) in [5.74, 6) is -0.0587. The third kappa shape index (κ3) is 3.18. The van der Waals surface area contributed by atoms with Crippen molar-refractivity contribution < 1.29 is 4.79 Å². The van der Waals surface area contributed by atoms with Crippen LogP contribution in [0.15, 0.2) is 60.8 Å². The highest BCUT2D eigenvalue weighted by molar-refractivity contribution is 5.92. The quantitative estimate of drug-likeness (QED) is 0.731. The van der Waals surface area contributed by atoms with E-state index in [0.717, 1.165) is 18.8 Å². The van der Waals surface area contributed by atoms with Gasteiger partial charge in [-0.25, -0.2) is 0 Å². The zero-order valence-electron chi connectivity index (χ0n) is 14.7. The molecule has 6 heteroatoms. The van der Waals surface area contributed by atoms with Crippen LogP contribution < -0.4 is 4.90 Å². The van der Waals surface area contributed by atoms with E-state index in [1.54, 1.807) is 6.20 Å². The number of benzene rings is 2. The van der Waals surface area contributed by atoms with Gasteiger partial charge >= 0.3 is 0 Å². The lowest BCUT2D eigenvalue weighted by Gasteiger charge is -2.36. The molecule has 4 rings (SSSR count). The van der Waals surface area contributed by atoms with Crippen molar-refractivity contribution in [3.63, 3.8) is 0 Å². The number of hydrogen-bond acceptors (Lipinski definition) is 4. The third-order valence-corrected chi connectivity index (χ3v) is 4.72. The molecule has 0 spiro atoms. The molecule has 0 N–H and O–H groups in total. The van der Waals surface area contributed by atoms with E-state index in [2.05, 4.69) is 46.3 Å². The number of aryl methyl sites for hydroxylation is 1. The number of hydrogen-bond donors (Lipinski definition) is 0. The van der Waals surface area contributed by atoms with Gasteiger partial charge in [0.25, 0.3) is 5.91 Å². The molecule has 1 aliphatic heterocycles. The first-order chi connectivity index (χ1) is 12.7. The zero-order chi connectivity index (χ0) is 17.9. The molecule has 132 valence electrons. The molecule has 26 heavy (non-hydrogen) atoms. The second-order valence-electron chi connectivity index (χ2n) is 6.42. The monoisotopic (exact) mass is 347 g/mol. The summed E-state index contributed by atoms with van der Waals surface area (Å²) < 4.78 is 0. The molecule has 0 atom stereocenters. The van der Waals surface area contributed by atoms with Crippen LogP contribution in [-0.4, -0.2) is 52.0 Å². The van der Waals surface area contributed by atoms with Crippen LogP contribution in [0.2, 0.25) is 0 Å². The largest absolute Gasteiger partial charge is 0.368 e. The van der Waals surface area contributed by atoms with Crippen LogP contribution in [0, 0.1) is 6.92 Å². The molecule has 0 radical (unpaired) electrons. The van der Waals surface area contributed by atoms with Crippen molar-refractivity contribution in [3.8, 4) is 5.69 Å². The minimum absolute atomic E-state index is 0.0587. The van der Waals surface area contributed by atoms with Crippen molar-refractivity contribution in [1.82, 2.24) is 19.9 Å². The Morgan fingerprint density at radius 2 is 1.62 bits per heavy atom. The average molecular weight is 347 g/mol. The Labute approximate surface area is 152 Å². The third-order valence-electron chi connectivity index (χ3n) is 4.72. The molecule has 1 fully saturated rings. The van der Waals surface area contributed by atoms with Gasteiger partial charge in [0.1, 0.15) is 0 Å². The van der Waals surface area contributed by atoms with Gasteiger partial charge < -0.3 is 9.80 Å². The van der Waals surface area contributed by atoms with Crippen LogP contribution in [0.5, 0.6) is 0 Å². The number of aromatic nitrogens is 3. The van der Waals surface area contributed by atoms with E-state index in [9.17, 15) is 4.79 Å². The summed E-state index contributed by atoms with van der Waals surface area (Å²) in [6, 6.07) is 18.0. The Bertz CT molecular complexity index is 897. The molecule has 1 aromatic heterocycles. The van der Waals surface area contributed by atoms with Crippen molar-refractivity contribution >= 4 is 11.6 Å². The van der Waals surface area contributed by atoms with Crippen LogP contribution in [0.3, 0.4) is 0 Å². The van der Waals surface area contributed by atoms with E-state index in [0.29, 0.717) is 18.8 Å². The highest BCUT2D eigenvalue weighted by Gasteiger charge is 2.24. The summed E-state index contributed by atoms with van der Waals surface area (Å²) in [6.45, 7) is 5.14. The molecule has 2 aromatic carbocycles. The van der Waals surface area contributed by atoms with Gasteiger partial charge in [-0.3, -0.25) is 4.79 Å². The molecule has 1 aliphatic rings. The molecule has 0 aliphatic carbocycles. The minimum Gasteiger partial charge on any atom is -0.368 e. The zero-order valence-corrected chi connectivity index (χ0v) is 14.7. The van der Waals surface area contributed by atoms with E-state index in [1.807, 2.05) is 35.2 Å². The van der Waals surface area contributed by atoms with Gasteiger partial charge in [-0.15, -0.1) is 5.10 Å². The first-order valence-corrected chi connectivity index (χ1v) is 8.80. The fraction of sp³-hybridized carbons (Fsp3) is 0.250. The van der Waals surface area contributed by atoms with Gasteiger partial charge in [-0.1, -0.05) is 36.4 Å². The maximum absolute atomic E-state index is 12.7. The van der Waals surface area contributed by atoms with Gasteiger partial charge in [0.2, 0.25) is 0 Å². The lowest BCUT2D eigenvalue weighted by molar-refractivity contribution is 0.0740. The number of carbonyl (C=O) groups is 1. The number of piperazine rings is 1. The lowest BCUT2D eigenvalue weighted by Crippen LogP contribution is -2.49. The molecule has 0 unspecified atom stereocenters. The number of rotatable bonds is 3. The standard InChI is InChI=1S/C20H21N5O/c1-16-7-5-6-10-19(16)23-11-13-24(14-12-23)20(26)18-15-21-25(22-18)17-8-3-2-4-9-17/h2-10,15H,11-14H2,1H3. The molecule has 2 heterocycles. The fourth-order valence-electron chi connectivity index (χ4n) is 3.28. The van der Waals surface area contributed by atoms with Crippen LogP contribution in [-0.2, 0) is 0 Å². The summed E-state index contributed by atoms with van der Waals surface area (Å²) in [5.41, 5.74) is 3.74. The van der Waals surface area contributed by atoms with Crippen LogP contribution in [0.25, 0.3) is 5.69 Å². The van der Waals surface area contributed by atoms with Crippen LogP contribution in [0.4, 0.5) is 5.69 Å². The van der Waals surface area contributed by atoms with Crippen molar-refractivity contribution in [2.45, 2.75) is 6.92 Å². The molecule has 3 aromatic rings. The van der Waals surface area contributed by atoms with Gasteiger partial charge in [-0.05, 0) is 30.7 Å². The molecule has 6 nitrogen and oxygen atoms in total. The van der Waals surface area contributed by atoms with Crippen molar-refractivity contribution in [3.05, 3.63) is 72.1 Å². The molecular weight excluding hydrogens is 326 g/mol. The maximum atomic E-state index is 12.7. The molecular formula is C20H21N5O. The maximum Gasteiger partial charge on any atom is 0.276 e. The summed E-state index contributed by atoms with van der Waals surface area (Å²) >= 11 is 0. The van der Waals surface area contributed by atoms with Gasteiger partial charge in [0, 0.05) is 31.9 Å². The lowest BCUT2D eigenvalue weighted by atomic mass is 10.1. The second kappa shape index (κ2) is 7.00. The molecule has 0 saturated carbocycles. The first kappa shape index (κ1) is 16.3. The Balaban J connectivity index is 1.43. The van der Waals surface area contributed by atoms with Crippen molar-refractivity contribution in [2.24, 2.45) is 0 Å². The van der Waals surface area contributed by atoms with Gasteiger partial charge in [-0.2, -0.15) is 9.90 Å². The molecule has 1 amide bonds. The SMILES string of the molecule is Cc1ccccc1N1CCN(C(=O)c2cnn(-c3ccccc3)n2)CC1. The van der Waals surface area contributed by atoms with E-state index >= 15 is 0 Å². The number of amides is 1. The summed E-state index contributed by atoms with van der Waals surface area (Å²) in [6.07, 6.45) is 1.54. The Morgan fingerprint density at radius 1 is 0.923 bits per heavy atom. The molecule has 1 saturated heterocycles. The van der Waals surface area contributed by atoms with Gasteiger partial charge in [0.05, 0.1) is 11.9 Å². The predicted octanol–water partition coefficient (Wildman–Crippen LogP) is 2.54. The van der Waals surface area contributed by atoms with E-state index < -0.39 is 0 Å². The van der Waals surface area contributed by atoms with Gasteiger partial charge in [0.15, 0.2) is 5.69 Å². The predicted molar refractivity (Wildman–Crippen MR) is 101 cm³/mol. The second-order valence-corrected chi connectivity index (χ2v) is 6.42. The summed E-state index contributed by atoms with van der Waals surface area (Å²) in [7, 11) is 0. The van der Waals surface area contributed by atoms with Crippen molar-refractivity contribution in [1.29, 1.82) is 0 Å². The molecule has 0 bridgehead atoms. The Morgan fingerprint density at radius 3 is 2.35 bits per heavy atom. The first-order valence-electron chi connectivity index (χ1n) is 8.80. The van der Waals surface area contributed by atoms with E-state index in [1.165, 1.54) is 16.0 Å². The topological polar surface area (TPSA) is 54.3 Å². The normalized spacial score (nSPS) is 14.5. The van der Waals surface area contributed by atoms with Crippen molar-refractivity contribution in [2.75, 3.05) is 31.1 Å². The highest BCUT2D eigenvalue weighted by atomic mass is 16.2. The number of nitrogens with zero attached hydrogens (tertiary/aromatic N) is 5. The number of carbonyl (C=O) groups excluding carboxylic acids is 1. The summed E-state index contributed by atoms with van der Waals surface area (Å²) in [4.78, 5) is 18.4. The minimum atomic E-state index is -0.0587. The Hall–Kier alpha value is -3.15. The smallest absolute Gasteiger partial charge is 0.276 e. The Kier molecular flexibility index (Phi) is 4.39. The highest BCUT2D eigenvalue weighted by Crippen LogP contribution is 2.21. The summed E-state index contributed by atoms with van der Waals surface area (Å²) in [5, 5.41) is 8.57. The van der Waals surface area contributed by atoms with Crippen LogP contribution in [0.1, 0.15) is 16.1 Å². The van der Waals surface area contributed by atoms with E-state index in [-0.39, 0.29) is 5.91 Å². The average Bonchev–Trinajstić information content (AvgIpc) is 3.19. The van der Waals surface area contributed by atoms with Crippen LogP contribution >= 0.6 is 0 Å². The number of anilines is 1. The van der Waals surface area contributed by atoms with E-state index in [4.69, 9.17) is 0 Å². The number of para-hydroxylation sites is 2. The fourth-order valence-corrected chi connectivity index (χ4v) is 3.28.